The third-order valence-electron chi connectivity index (χ3n) is 9.04. The Bertz CT molecular complexity index is 1720. The average Bonchev–Trinajstić information content (AvgIpc) is 3.91. The fraction of sp³-hybridized carbons (Fsp3) is 0.350. The Balaban J connectivity index is 1.17. The van der Waals surface area contributed by atoms with Crippen molar-refractivity contribution in [2.24, 2.45) is 0 Å². The number of hydrogen-bond acceptors (Lipinski definition) is 7. The molecule has 6 aromatic rings. The lowest BCUT2D eigenvalue weighted by atomic mass is 10.1. The number of thiophene rings is 2. The minimum absolute atomic E-state index is 0.537. The van der Waals surface area contributed by atoms with Gasteiger partial charge >= 0.3 is 0 Å². The molecular formula is C40H46N4S3. The summed E-state index contributed by atoms with van der Waals surface area (Å²) in [5.41, 5.74) is 9.16. The van der Waals surface area contributed by atoms with Crippen molar-refractivity contribution in [3.63, 3.8) is 0 Å². The molecule has 3 aromatic carbocycles. The number of unbranched alkanes of at least 4 members (excludes halogenated alkanes) is 2. The van der Waals surface area contributed by atoms with E-state index in [2.05, 4.69) is 123 Å². The Morgan fingerprint density at radius 1 is 0.511 bits per heavy atom. The van der Waals surface area contributed by atoms with E-state index in [4.69, 9.17) is 8.75 Å². The molecule has 3 aromatic heterocycles. The minimum atomic E-state index is 0.537. The van der Waals surface area contributed by atoms with Crippen LogP contribution in [-0.2, 0) is 0 Å². The van der Waals surface area contributed by atoms with Crippen LogP contribution in [0.1, 0.15) is 79.1 Å². The van der Waals surface area contributed by atoms with Gasteiger partial charge in [0.25, 0.3) is 0 Å². The Hall–Kier alpha value is -3.52. The van der Waals surface area contributed by atoms with E-state index in [-0.39, 0.29) is 0 Å². The maximum absolute atomic E-state index is 4.78. The topological polar surface area (TPSA) is 49.8 Å². The average molecular weight is 679 g/mol. The standard InChI is InChI=1S/C40H46N4S3/c1-5-9-11-29(7-3)41-31-17-13-27(14-18-31)35-23-25-37(45-35)33-21-22-34(40-39(33)43-47-44-40)38-26-24-36(46-38)28-15-19-32(20-16-28)42-30(8-4)12-10-6-2/h13-26,29-30,41-42H,5-12H2,1-4H3. The molecule has 0 saturated heterocycles. The molecule has 0 spiro atoms. The molecule has 0 aliphatic carbocycles. The zero-order chi connectivity index (χ0) is 32.6. The molecule has 0 fully saturated rings. The highest BCUT2D eigenvalue weighted by molar-refractivity contribution is 7.19. The van der Waals surface area contributed by atoms with Crippen LogP contribution in [0.3, 0.4) is 0 Å². The Labute approximate surface area is 292 Å². The molecule has 244 valence electrons. The highest BCUT2D eigenvalue weighted by Crippen LogP contribution is 2.42. The number of rotatable bonds is 16. The lowest BCUT2D eigenvalue weighted by Gasteiger charge is -2.18. The zero-order valence-electron chi connectivity index (χ0n) is 28.0. The zero-order valence-corrected chi connectivity index (χ0v) is 30.5. The molecule has 7 heteroatoms. The lowest BCUT2D eigenvalue weighted by molar-refractivity contribution is 0.593. The van der Waals surface area contributed by atoms with Crippen LogP contribution in [-0.4, -0.2) is 20.8 Å². The van der Waals surface area contributed by atoms with Crippen LogP contribution in [0.25, 0.3) is 52.8 Å². The van der Waals surface area contributed by atoms with Gasteiger partial charge in [0.15, 0.2) is 0 Å². The van der Waals surface area contributed by atoms with E-state index in [0.29, 0.717) is 12.1 Å². The molecule has 0 saturated carbocycles. The number of fused-ring (bicyclic) bond motifs is 1. The molecule has 4 nitrogen and oxygen atoms in total. The second kappa shape index (κ2) is 16.1. The van der Waals surface area contributed by atoms with Crippen molar-refractivity contribution in [1.82, 2.24) is 8.75 Å². The van der Waals surface area contributed by atoms with E-state index in [9.17, 15) is 0 Å². The second-order valence-electron chi connectivity index (χ2n) is 12.4. The number of nitrogens with zero attached hydrogens (tertiary/aromatic N) is 2. The first-order chi connectivity index (χ1) is 23.1. The van der Waals surface area contributed by atoms with Gasteiger partial charge in [-0.2, -0.15) is 8.75 Å². The van der Waals surface area contributed by atoms with Gasteiger partial charge in [-0.3, -0.25) is 0 Å². The summed E-state index contributed by atoms with van der Waals surface area (Å²) in [6, 6.07) is 32.3. The summed E-state index contributed by atoms with van der Waals surface area (Å²) in [6.45, 7) is 9.05. The van der Waals surface area contributed by atoms with Crippen LogP contribution < -0.4 is 10.6 Å². The molecule has 0 radical (unpaired) electrons. The Morgan fingerprint density at radius 2 is 0.915 bits per heavy atom. The van der Waals surface area contributed by atoms with Gasteiger partial charge in [-0.1, -0.05) is 89.8 Å². The summed E-state index contributed by atoms with van der Waals surface area (Å²) >= 11 is 4.94. The van der Waals surface area contributed by atoms with Gasteiger partial charge in [-0.05, 0) is 85.3 Å². The van der Waals surface area contributed by atoms with Gasteiger partial charge in [0.05, 0.1) is 11.7 Å². The number of benzene rings is 3. The summed E-state index contributed by atoms with van der Waals surface area (Å²) in [6.07, 6.45) is 9.75. The van der Waals surface area contributed by atoms with Crippen molar-refractivity contribution < 1.29 is 0 Å². The number of anilines is 2. The monoisotopic (exact) mass is 678 g/mol. The molecule has 0 aliphatic heterocycles. The van der Waals surface area contributed by atoms with Gasteiger partial charge in [-0.15, -0.1) is 22.7 Å². The van der Waals surface area contributed by atoms with E-state index in [1.54, 1.807) is 0 Å². The molecular weight excluding hydrogens is 633 g/mol. The predicted molar refractivity (Wildman–Crippen MR) is 209 cm³/mol. The fourth-order valence-electron chi connectivity index (χ4n) is 6.13. The maximum Gasteiger partial charge on any atom is 0.114 e. The first-order valence-electron chi connectivity index (χ1n) is 17.3. The minimum Gasteiger partial charge on any atom is -0.382 e. The van der Waals surface area contributed by atoms with Crippen molar-refractivity contribution in [2.75, 3.05) is 10.6 Å². The molecule has 2 unspecified atom stereocenters. The number of hydrogen-bond donors (Lipinski definition) is 2. The molecule has 0 bridgehead atoms. The van der Waals surface area contributed by atoms with Crippen molar-refractivity contribution in [1.29, 1.82) is 0 Å². The van der Waals surface area contributed by atoms with Crippen LogP contribution >= 0.6 is 34.4 Å². The van der Waals surface area contributed by atoms with E-state index in [1.165, 1.54) is 92.3 Å². The Morgan fingerprint density at radius 3 is 1.30 bits per heavy atom. The molecule has 6 rings (SSSR count). The van der Waals surface area contributed by atoms with E-state index in [1.807, 2.05) is 22.7 Å². The van der Waals surface area contributed by atoms with Gasteiger partial charge < -0.3 is 10.6 Å². The highest BCUT2D eigenvalue weighted by atomic mass is 32.1. The van der Waals surface area contributed by atoms with Crippen LogP contribution in [0.4, 0.5) is 11.4 Å². The van der Waals surface area contributed by atoms with Crippen LogP contribution in [0.2, 0.25) is 0 Å². The summed E-state index contributed by atoms with van der Waals surface area (Å²) in [7, 11) is 0. The van der Waals surface area contributed by atoms with Gasteiger partial charge in [0.1, 0.15) is 11.0 Å². The summed E-state index contributed by atoms with van der Waals surface area (Å²) in [5, 5.41) is 7.45. The molecule has 2 atom stereocenters. The highest BCUT2D eigenvalue weighted by Gasteiger charge is 2.17. The van der Waals surface area contributed by atoms with Crippen LogP contribution in [0.5, 0.6) is 0 Å². The molecule has 0 amide bonds. The van der Waals surface area contributed by atoms with E-state index in [0.717, 1.165) is 35.0 Å². The van der Waals surface area contributed by atoms with Gasteiger partial charge in [-0.25, -0.2) is 0 Å². The van der Waals surface area contributed by atoms with Crippen molar-refractivity contribution in [2.45, 2.75) is 91.1 Å². The molecule has 0 aliphatic rings. The summed E-state index contributed by atoms with van der Waals surface area (Å²) in [4.78, 5) is 4.97. The normalized spacial score (nSPS) is 12.8. The number of aromatic nitrogens is 2. The third kappa shape index (κ3) is 7.97. The smallest absolute Gasteiger partial charge is 0.114 e. The van der Waals surface area contributed by atoms with Gasteiger partial charge in [0, 0.05) is 54.1 Å². The fourth-order valence-corrected chi connectivity index (χ4v) is 8.78. The second-order valence-corrected chi connectivity index (χ2v) is 15.1. The van der Waals surface area contributed by atoms with Gasteiger partial charge in [0.2, 0.25) is 0 Å². The van der Waals surface area contributed by atoms with E-state index < -0.39 is 0 Å². The summed E-state index contributed by atoms with van der Waals surface area (Å²) < 4.78 is 9.56. The molecule has 3 heterocycles. The maximum atomic E-state index is 4.78. The predicted octanol–water partition coefficient (Wildman–Crippen LogP) is 13.2. The van der Waals surface area contributed by atoms with Crippen molar-refractivity contribution >= 4 is 56.8 Å². The first-order valence-corrected chi connectivity index (χ1v) is 19.7. The summed E-state index contributed by atoms with van der Waals surface area (Å²) in [5.74, 6) is 0. The van der Waals surface area contributed by atoms with Crippen LogP contribution in [0.15, 0.2) is 84.9 Å². The molecule has 2 N–H and O–H groups in total. The molecule has 47 heavy (non-hydrogen) atoms. The Kier molecular flexibility index (Phi) is 11.4. The van der Waals surface area contributed by atoms with Crippen molar-refractivity contribution in [3.8, 4) is 41.8 Å². The third-order valence-corrected chi connectivity index (χ3v) is 11.9. The lowest BCUT2D eigenvalue weighted by Crippen LogP contribution is -2.18. The van der Waals surface area contributed by atoms with Crippen LogP contribution in [0, 0.1) is 0 Å². The number of nitrogens with one attached hydrogen (secondary N) is 2. The largest absolute Gasteiger partial charge is 0.382 e. The first kappa shape index (κ1) is 33.4. The van der Waals surface area contributed by atoms with E-state index >= 15 is 0 Å². The van der Waals surface area contributed by atoms with Crippen molar-refractivity contribution in [3.05, 3.63) is 84.9 Å². The SMILES string of the molecule is CCCCC(CC)Nc1ccc(-c2ccc(-c3ccc(-c4ccc(-c5ccc(NC(CC)CCCC)cc5)s4)c4nsnc34)s2)cc1. The quantitative estimate of drug-likeness (QED) is 0.107.